The van der Waals surface area contributed by atoms with Crippen LogP contribution in [-0.4, -0.2) is 25.8 Å². The minimum atomic E-state index is -1.41. The van der Waals surface area contributed by atoms with E-state index in [1.165, 1.54) is 10.2 Å². The minimum absolute atomic E-state index is 0.284. The average Bonchev–Trinajstić information content (AvgIpc) is 2.83. The topological polar surface area (TPSA) is 98.3 Å². The van der Waals surface area contributed by atoms with Crippen LogP contribution in [0.4, 0.5) is 5.69 Å². The summed E-state index contributed by atoms with van der Waals surface area (Å²) in [6, 6.07) is 7.78. The summed E-state index contributed by atoms with van der Waals surface area (Å²) in [6.07, 6.45) is 1.14. The fraction of sp³-hybridized carbons (Fsp3) is 0.286. The maximum atomic E-state index is 10.9. The summed E-state index contributed by atoms with van der Waals surface area (Å²) < 4.78 is 1.27. The molecule has 0 atom stereocenters. The molecule has 0 bridgehead atoms. The van der Waals surface area contributed by atoms with Gasteiger partial charge in [-0.25, -0.2) is 4.79 Å². The molecule has 2 aromatic rings. The lowest BCUT2D eigenvalue weighted by atomic mass is 10.0. The highest BCUT2D eigenvalue weighted by molar-refractivity contribution is 5.89. The molecule has 0 saturated heterocycles. The minimum Gasteiger partial charge on any atom is -0.476 e. The third-order valence-corrected chi connectivity index (χ3v) is 3.13. The monoisotopic (exact) mass is 289 g/mol. The first kappa shape index (κ1) is 14.7. The van der Waals surface area contributed by atoms with Gasteiger partial charge in [-0.3, -0.25) is 14.8 Å². The van der Waals surface area contributed by atoms with Crippen molar-refractivity contribution >= 4 is 11.7 Å². The molecule has 0 aliphatic carbocycles. The van der Waals surface area contributed by atoms with Gasteiger partial charge in [0, 0.05) is 0 Å². The number of nitro groups is 1. The number of carbonyl (C=O) groups is 1. The second-order valence-corrected chi connectivity index (χ2v) is 5.02. The van der Waals surface area contributed by atoms with Crippen molar-refractivity contribution in [1.82, 2.24) is 9.78 Å². The van der Waals surface area contributed by atoms with Crippen molar-refractivity contribution in [2.24, 2.45) is 0 Å². The van der Waals surface area contributed by atoms with Crippen molar-refractivity contribution in [1.29, 1.82) is 0 Å². The lowest BCUT2D eigenvalue weighted by Gasteiger charge is -2.06. The van der Waals surface area contributed by atoms with Crippen LogP contribution in [0.2, 0.25) is 0 Å². The first-order chi connectivity index (χ1) is 9.88. The van der Waals surface area contributed by atoms with Crippen LogP contribution in [0.1, 0.15) is 41.4 Å². The standard InChI is InChI=1S/C14H15N3O4/c1-9(2)11-5-3-10(4-6-11)7-16-8-12(17(20)21)13(15-16)14(18)19/h3-6,8-9H,7H2,1-2H3,(H,18,19). The highest BCUT2D eigenvalue weighted by Gasteiger charge is 2.25. The zero-order valence-electron chi connectivity index (χ0n) is 11.7. The highest BCUT2D eigenvalue weighted by atomic mass is 16.6. The second kappa shape index (κ2) is 5.74. The Morgan fingerprint density at radius 1 is 1.38 bits per heavy atom. The van der Waals surface area contributed by atoms with Crippen molar-refractivity contribution in [2.75, 3.05) is 0 Å². The Balaban J connectivity index is 2.25. The summed E-state index contributed by atoms with van der Waals surface area (Å²) in [7, 11) is 0. The third-order valence-electron chi connectivity index (χ3n) is 3.13. The van der Waals surface area contributed by atoms with E-state index in [2.05, 4.69) is 18.9 Å². The Labute approximate surface area is 121 Å². The Morgan fingerprint density at radius 2 is 2.00 bits per heavy atom. The summed E-state index contributed by atoms with van der Waals surface area (Å²) in [5, 5.41) is 23.5. The molecule has 0 spiro atoms. The molecule has 21 heavy (non-hydrogen) atoms. The second-order valence-electron chi connectivity index (χ2n) is 5.02. The van der Waals surface area contributed by atoms with Crippen molar-refractivity contribution in [2.45, 2.75) is 26.3 Å². The number of aromatic carboxylic acids is 1. The van der Waals surface area contributed by atoms with Crippen LogP contribution in [0.15, 0.2) is 30.5 Å². The van der Waals surface area contributed by atoms with E-state index in [0.29, 0.717) is 5.92 Å². The first-order valence-corrected chi connectivity index (χ1v) is 6.42. The van der Waals surface area contributed by atoms with E-state index in [4.69, 9.17) is 5.11 Å². The molecule has 0 amide bonds. The van der Waals surface area contributed by atoms with Crippen LogP contribution in [-0.2, 0) is 6.54 Å². The largest absolute Gasteiger partial charge is 0.476 e. The van der Waals surface area contributed by atoms with Gasteiger partial charge in [0.1, 0.15) is 6.20 Å². The fourth-order valence-corrected chi connectivity index (χ4v) is 1.97. The van der Waals surface area contributed by atoms with Crippen molar-refractivity contribution in [3.8, 4) is 0 Å². The normalized spacial score (nSPS) is 10.8. The molecular formula is C14H15N3O4. The molecule has 1 aromatic carbocycles. The van der Waals surface area contributed by atoms with Gasteiger partial charge in [0.05, 0.1) is 11.5 Å². The third kappa shape index (κ3) is 3.25. The molecule has 0 fully saturated rings. The highest BCUT2D eigenvalue weighted by Crippen LogP contribution is 2.19. The molecule has 0 saturated carbocycles. The van der Waals surface area contributed by atoms with Crippen LogP contribution in [0.3, 0.4) is 0 Å². The van der Waals surface area contributed by atoms with Crippen LogP contribution in [0.25, 0.3) is 0 Å². The predicted octanol–water partition coefficient (Wildman–Crippen LogP) is 2.66. The molecule has 7 nitrogen and oxygen atoms in total. The molecule has 1 aromatic heterocycles. The number of benzene rings is 1. The maximum absolute atomic E-state index is 10.9. The summed E-state index contributed by atoms with van der Waals surface area (Å²) in [4.78, 5) is 21.0. The van der Waals surface area contributed by atoms with E-state index >= 15 is 0 Å². The summed E-state index contributed by atoms with van der Waals surface area (Å²) in [5.74, 6) is -0.987. The van der Waals surface area contributed by atoms with Crippen LogP contribution < -0.4 is 0 Å². The number of rotatable bonds is 5. The number of carboxylic acids is 1. The molecule has 1 N–H and O–H groups in total. The molecular weight excluding hydrogens is 274 g/mol. The van der Waals surface area contributed by atoms with Crippen molar-refractivity contribution in [3.63, 3.8) is 0 Å². The van der Waals surface area contributed by atoms with E-state index in [9.17, 15) is 14.9 Å². The Kier molecular flexibility index (Phi) is 4.02. The molecule has 0 unspecified atom stereocenters. The fourth-order valence-electron chi connectivity index (χ4n) is 1.97. The van der Waals surface area contributed by atoms with Gasteiger partial charge in [0.25, 0.3) is 0 Å². The van der Waals surface area contributed by atoms with E-state index in [1.807, 2.05) is 24.3 Å². The number of aromatic nitrogens is 2. The predicted molar refractivity (Wildman–Crippen MR) is 75.5 cm³/mol. The molecule has 0 radical (unpaired) electrons. The molecule has 7 heteroatoms. The van der Waals surface area contributed by atoms with E-state index in [1.54, 1.807) is 0 Å². The summed E-state index contributed by atoms with van der Waals surface area (Å²) in [5.41, 5.74) is 1.05. The van der Waals surface area contributed by atoms with Crippen LogP contribution >= 0.6 is 0 Å². The van der Waals surface area contributed by atoms with Crippen LogP contribution in [0, 0.1) is 10.1 Å². The van der Waals surface area contributed by atoms with Gasteiger partial charge in [-0.2, -0.15) is 5.10 Å². The lowest BCUT2D eigenvalue weighted by Crippen LogP contribution is -2.04. The van der Waals surface area contributed by atoms with Gasteiger partial charge in [-0.15, -0.1) is 0 Å². The van der Waals surface area contributed by atoms with Gasteiger partial charge >= 0.3 is 11.7 Å². The molecule has 0 aliphatic heterocycles. The lowest BCUT2D eigenvalue weighted by molar-refractivity contribution is -0.385. The summed E-state index contributed by atoms with van der Waals surface area (Å²) >= 11 is 0. The zero-order valence-corrected chi connectivity index (χ0v) is 11.7. The van der Waals surface area contributed by atoms with Gasteiger partial charge < -0.3 is 5.11 Å². The smallest absolute Gasteiger partial charge is 0.363 e. The van der Waals surface area contributed by atoms with E-state index in [-0.39, 0.29) is 6.54 Å². The molecule has 2 rings (SSSR count). The summed E-state index contributed by atoms with van der Waals surface area (Å²) in [6.45, 7) is 4.46. The number of carboxylic acid groups (broad SMARTS) is 1. The van der Waals surface area contributed by atoms with Gasteiger partial charge in [-0.05, 0) is 17.0 Å². The number of nitrogens with zero attached hydrogens (tertiary/aromatic N) is 3. The van der Waals surface area contributed by atoms with Crippen molar-refractivity contribution < 1.29 is 14.8 Å². The Morgan fingerprint density at radius 3 is 2.43 bits per heavy atom. The first-order valence-electron chi connectivity index (χ1n) is 6.42. The Hall–Kier alpha value is -2.70. The molecule has 110 valence electrons. The van der Waals surface area contributed by atoms with Gasteiger partial charge in [0.15, 0.2) is 0 Å². The molecule has 0 aliphatic rings. The van der Waals surface area contributed by atoms with Crippen molar-refractivity contribution in [3.05, 3.63) is 57.4 Å². The molecule has 1 heterocycles. The SMILES string of the molecule is CC(C)c1ccc(Cn2cc([N+](=O)[O-])c(C(=O)O)n2)cc1. The Bertz CT molecular complexity index is 643. The van der Waals surface area contributed by atoms with Crippen LogP contribution in [0.5, 0.6) is 0 Å². The van der Waals surface area contributed by atoms with E-state index < -0.39 is 22.3 Å². The average molecular weight is 289 g/mol. The number of hydrogen-bond acceptors (Lipinski definition) is 4. The van der Waals surface area contributed by atoms with E-state index in [0.717, 1.165) is 11.8 Å². The quantitative estimate of drug-likeness (QED) is 0.674. The van der Waals surface area contributed by atoms with Gasteiger partial charge in [0.2, 0.25) is 5.69 Å². The maximum Gasteiger partial charge on any atom is 0.363 e. The van der Waals surface area contributed by atoms with Gasteiger partial charge in [-0.1, -0.05) is 38.1 Å². The zero-order chi connectivity index (χ0) is 15.6. The number of hydrogen-bond donors (Lipinski definition) is 1.